The van der Waals surface area contributed by atoms with Crippen LogP contribution in [-0.2, 0) is 11.2 Å². The van der Waals surface area contributed by atoms with Gasteiger partial charge in [-0.1, -0.05) is 18.2 Å². The van der Waals surface area contributed by atoms with Crippen LogP contribution in [0.1, 0.15) is 15.4 Å². The molecule has 1 aromatic heterocycles. The normalized spacial score (nSPS) is 10.7. The molecule has 0 atom stereocenters. The third-order valence-electron chi connectivity index (χ3n) is 3.76. The zero-order valence-corrected chi connectivity index (χ0v) is 14.6. The molecule has 0 bridgehead atoms. The molecule has 3 nitrogen and oxygen atoms in total. The second kappa shape index (κ2) is 7.11. The smallest absolute Gasteiger partial charge is 0.231 e. The minimum atomic E-state index is -0.663. The minimum absolute atomic E-state index is 0.0999. The van der Waals surface area contributed by atoms with Gasteiger partial charge in [-0.3, -0.25) is 4.79 Å². The molecular formula is C19H16F2N2OS. The number of carbonyl (C=O) groups excluding carboxylic acids is 1. The molecule has 128 valence electrons. The van der Waals surface area contributed by atoms with Gasteiger partial charge in [0.1, 0.15) is 16.6 Å². The number of aromatic nitrogens is 1. The number of rotatable bonds is 4. The summed E-state index contributed by atoms with van der Waals surface area (Å²) in [5, 5.41) is 3.44. The van der Waals surface area contributed by atoms with E-state index in [2.05, 4.69) is 10.3 Å². The van der Waals surface area contributed by atoms with E-state index in [1.54, 1.807) is 6.92 Å². The van der Waals surface area contributed by atoms with Gasteiger partial charge < -0.3 is 5.32 Å². The van der Waals surface area contributed by atoms with E-state index in [1.807, 2.05) is 31.2 Å². The molecule has 0 aliphatic carbocycles. The van der Waals surface area contributed by atoms with E-state index in [4.69, 9.17) is 0 Å². The Balaban J connectivity index is 1.78. The minimum Gasteiger partial charge on any atom is -0.325 e. The van der Waals surface area contributed by atoms with Crippen LogP contribution in [0.2, 0.25) is 0 Å². The number of anilines is 1. The summed E-state index contributed by atoms with van der Waals surface area (Å²) in [5.74, 6) is -1.48. The first kappa shape index (κ1) is 17.2. The molecule has 0 spiro atoms. The van der Waals surface area contributed by atoms with Gasteiger partial charge >= 0.3 is 0 Å². The summed E-state index contributed by atoms with van der Waals surface area (Å²) in [6.07, 6.45) is 0.0999. The van der Waals surface area contributed by atoms with E-state index < -0.39 is 11.6 Å². The van der Waals surface area contributed by atoms with Crippen molar-refractivity contribution in [2.75, 3.05) is 5.32 Å². The lowest BCUT2D eigenvalue weighted by Gasteiger charge is -2.06. The van der Waals surface area contributed by atoms with Crippen LogP contribution in [0.15, 0.2) is 42.5 Å². The number of carbonyl (C=O) groups is 1. The number of para-hydroxylation sites is 1. The maximum atomic E-state index is 14.0. The Morgan fingerprint density at radius 2 is 1.92 bits per heavy atom. The maximum absolute atomic E-state index is 14.0. The Hall–Kier alpha value is -2.60. The quantitative estimate of drug-likeness (QED) is 0.722. The van der Waals surface area contributed by atoms with Gasteiger partial charge in [0.2, 0.25) is 5.91 Å². The number of nitrogens with zero attached hydrogens (tertiary/aromatic N) is 1. The van der Waals surface area contributed by atoms with Crippen LogP contribution in [0.3, 0.4) is 0 Å². The van der Waals surface area contributed by atoms with Crippen LogP contribution in [-0.4, -0.2) is 10.9 Å². The van der Waals surface area contributed by atoms with E-state index in [9.17, 15) is 13.6 Å². The van der Waals surface area contributed by atoms with Crippen molar-refractivity contribution in [3.05, 3.63) is 69.5 Å². The van der Waals surface area contributed by atoms with Crippen LogP contribution in [0.5, 0.6) is 0 Å². The number of hydrogen-bond acceptors (Lipinski definition) is 3. The monoisotopic (exact) mass is 358 g/mol. The second-order valence-corrected chi connectivity index (χ2v) is 6.96. The first-order chi connectivity index (χ1) is 11.9. The highest BCUT2D eigenvalue weighted by Crippen LogP contribution is 2.30. The number of benzene rings is 2. The third kappa shape index (κ3) is 3.91. The van der Waals surface area contributed by atoms with Crippen molar-refractivity contribution < 1.29 is 13.6 Å². The molecule has 25 heavy (non-hydrogen) atoms. The van der Waals surface area contributed by atoms with Crippen LogP contribution >= 0.6 is 11.3 Å². The Labute approximate surface area is 148 Å². The lowest BCUT2D eigenvalue weighted by Crippen LogP contribution is -2.14. The van der Waals surface area contributed by atoms with Crippen molar-refractivity contribution in [2.45, 2.75) is 20.3 Å². The SMILES string of the molecule is Cc1ccccc1NC(=O)Cc1nc(-c2ccc(F)cc2F)c(C)s1. The van der Waals surface area contributed by atoms with Crippen molar-refractivity contribution in [3.63, 3.8) is 0 Å². The number of thiazole rings is 1. The second-order valence-electron chi connectivity index (χ2n) is 5.68. The third-order valence-corrected chi connectivity index (χ3v) is 4.73. The fourth-order valence-corrected chi connectivity index (χ4v) is 3.45. The van der Waals surface area contributed by atoms with E-state index in [-0.39, 0.29) is 17.9 Å². The average molecular weight is 358 g/mol. The highest BCUT2D eigenvalue weighted by atomic mass is 32.1. The highest BCUT2D eigenvalue weighted by Gasteiger charge is 2.16. The van der Waals surface area contributed by atoms with Crippen molar-refractivity contribution in [3.8, 4) is 11.3 Å². The van der Waals surface area contributed by atoms with Crippen molar-refractivity contribution >= 4 is 22.9 Å². The molecule has 0 radical (unpaired) electrons. The van der Waals surface area contributed by atoms with E-state index in [1.165, 1.54) is 23.5 Å². The van der Waals surface area contributed by atoms with E-state index in [0.717, 1.165) is 22.2 Å². The van der Waals surface area contributed by atoms with Crippen LogP contribution < -0.4 is 5.32 Å². The van der Waals surface area contributed by atoms with Crippen molar-refractivity contribution in [1.29, 1.82) is 0 Å². The zero-order valence-electron chi connectivity index (χ0n) is 13.8. The van der Waals surface area contributed by atoms with Gasteiger partial charge in [-0.15, -0.1) is 11.3 Å². The fraction of sp³-hybridized carbons (Fsp3) is 0.158. The molecule has 1 heterocycles. The number of aryl methyl sites for hydroxylation is 2. The molecule has 0 saturated carbocycles. The number of nitrogens with one attached hydrogen (secondary N) is 1. The Morgan fingerprint density at radius 3 is 2.64 bits per heavy atom. The standard InChI is InChI=1S/C19H16F2N2OS/c1-11-5-3-4-6-16(11)22-17(24)10-18-23-19(12(2)25-18)14-8-7-13(20)9-15(14)21/h3-9H,10H2,1-2H3,(H,22,24). The number of hydrogen-bond donors (Lipinski definition) is 1. The first-order valence-corrected chi connectivity index (χ1v) is 8.53. The van der Waals surface area contributed by atoms with Gasteiger partial charge in [-0.2, -0.15) is 0 Å². The fourth-order valence-electron chi connectivity index (χ4n) is 2.50. The molecule has 0 saturated heterocycles. The molecule has 1 amide bonds. The van der Waals surface area contributed by atoms with E-state index >= 15 is 0 Å². The summed E-state index contributed by atoms with van der Waals surface area (Å²) >= 11 is 1.33. The molecule has 2 aromatic carbocycles. The molecule has 0 fully saturated rings. The molecule has 3 rings (SSSR count). The van der Waals surface area contributed by atoms with Gasteiger partial charge in [0.15, 0.2) is 0 Å². The van der Waals surface area contributed by atoms with Crippen molar-refractivity contribution in [2.24, 2.45) is 0 Å². The predicted octanol–water partition coefficient (Wildman–Crippen LogP) is 4.89. The average Bonchev–Trinajstić information content (AvgIpc) is 2.90. The largest absolute Gasteiger partial charge is 0.325 e. The molecule has 0 aliphatic heterocycles. The number of halogens is 2. The summed E-state index contributed by atoms with van der Waals surface area (Å²) in [7, 11) is 0. The van der Waals surface area contributed by atoms with Gasteiger partial charge in [0, 0.05) is 22.2 Å². The molecule has 0 unspecified atom stereocenters. The van der Waals surface area contributed by atoms with Crippen molar-refractivity contribution in [1.82, 2.24) is 4.98 Å². The Kier molecular flexibility index (Phi) is 4.90. The molecule has 6 heteroatoms. The van der Waals surface area contributed by atoms with Gasteiger partial charge in [0.05, 0.1) is 12.1 Å². The number of amides is 1. The van der Waals surface area contributed by atoms with Crippen LogP contribution in [0, 0.1) is 25.5 Å². The van der Waals surface area contributed by atoms with Crippen LogP contribution in [0.4, 0.5) is 14.5 Å². The van der Waals surface area contributed by atoms with Crippen LogP contribution in [0.25, 0.3) is 11.3 Å². The van der Waals surface area contributed by atoms with Gasteiger partial charge in [-0.25, -0.2) is 13.8 Å². The highest BCUT2D eigenvalue weighted by molar-refractivity contribution is 7.12. The lowest BCUT2D eigenvalue weighted by atomic mass is 10.1. The summed E-state index contributed by atoms with van der Waals surface area (Å²) < 4.78 is 27.0. The lowest BCUT2D eigenvalue weighted by molar-refractivity contribution is -0.115. The summed E-state index contributed by atoms with van der Waals surface area (Å²) in [5.41, 5.74) is 2.41. The molecule has 0 aliphatic rings. The zero-order chi connectivity index (χ0) is 18.0. The molecular weight excluding hydrogens is 342 g/mol. The topological polar surface area (TPSA) is 42.0 Å². The van der Waals surface area contributed by atoms with Gasteiger partial charge in [0.25, 0.3) is 0 Å². The Morgan fingerprint density at radius 1 is 1.16 bits per heavy atom. The molecule has 3 aromatic rings. The first-order valence-electron chi connectivity index (χ1n) is 7.71. The van der Waals surface area contributed by atoms with Gasteiger partial charge in [-0.05, 0) is 37.6 Å². The summed E-state index contributed by atoms with van der Waals surface area (Å²) in [6, 6.07) is 10.9. The predicted molar refractivity (Wildman–Crippen MR) is 95.7 cm³/mol. The maximum Gasteiger partial charge on any atom is 0.231 e. The summed E-state index contributed by atoms with van der Waals surface area (Å²) in [6.45, 7) is 3.72. The Bertz CT molecular complexity index is 937. The van der Waals surface area contributed by atoms with E-state index in [0.29, 0.717) is 10.7 Å². The molecule has 1 N–H and O–H groups in total. The summed E-state index contributed by atoms with van der Waals surface area (Å²) in [4.78, 5) is 17.4.